The average molecular weight is 222 g/mol. The highest BCUT2D eigenvalue weighted by Crippen LogP contribution is 2.20. The van der Waals surface area contributed by atoms with Gasteiger partial charge in [-0.05, 0) is 31.0 Å². The van der Waals surface area contributed by atoms with Crippen LogP contribution >= 0.6 is 0 Å². The van der Waals surface area contributed by atoms with Crippen molar-refractivity contribution < 1.29 is 4.74 Å². The van der Waals surface area contributed by atoms with Crippen LogP contribution in [0, 0.1) is 5.92 Å². The first-order chi connectivity index (χ1) is 7.67. The molecule has 1 atom stereocenters. The second-order valence-electron chi connectivity index (χ2n) is 4.25. The van der Waals surface area contributed by atoms with Gasteiger partial charge in [0.25, 0.3) is 0 Å². The number of hydrogen-bond acceptors (Lipinski definition) is 3. The van der Waals surface area contributed by atoms with E-state index in [1.165, 1.54) is 5.69 Å². The number of anilines is 1. The Balaban J connectivity index is 2.54. The maximum Gasteiger partial charge on any atom is 0.120 e. The molecule has 0 aliphatic carbocycles. The van der Waals surface area contributed by atoms with Gasteiger partial charge in [-0.1, -0.05) is 13.0 Å². The number of hydrogen-bond donors (Lipinski definition) is 1. The van der Waals surface area contributed by atoms with E-state index in [2.05, 4.69) is 24.9 Å². The Labute approximate surface area is 98.2 Å². The van der Waals surface area contributed by atoms with Gasteiger partial charge in [-0.3, -0.25) is 0 Å². The fourth-order valence-corrected chi connectivity index (χ4v) is 1.51. The summed E-state index contributed by atoms with van der Waals surface area (Å²) in [7, 11) is 3.79. The molecule has 2 N–H and O–H groups in total. The topological polar surface area (TPSA) is 38.5 Å². The number of benzene rings is 1. The highest BCUT2D eigenvalue weighted by Gasteiger charge is 2.04. The standard InChI is InChI=1S/C13H22N2O/c1-11(10-14)7-8-15(2)12-5-4-6-13(9-12)16-3/h4-6,9,11H,7-8,10,14H2,1-3H3. The lowest BCUT2D eigenvalue weighted by Crippen LogP contribution is -2.22. The van der Waals surface area contributed by atoms with Crippen molar-refractivity contribution in [2.75, 3.05) is 32.1 Å². The zero-order valence-electron chi connectivity index (χ0n) is 10.4. The van der Waals surface area contributed by atoms with E-state index in [1.807, 2.05) is 18.2 Å². The predicted octanol–water partition coefficient (Wildman–Crippen LogP) is 2.12. The molecule has 3 heteroatoms. The first-order valence-electron chi connectivity index (χ1n) is 5.72. The molecule has 0 aliphatic rings. The van der Waals surface area contributed by atoms with Crippen molar-refractivity contribution in [3.8, 4) is 5.75 Å². The predicted molar refractivity (Wildman–Crippen MR) is 69.1 cm³/mol. The number of ether oxygens (including phenoxy) is 1. The summed E-state index contributed by atoms with van der Waals surface area (Å²) >= 11 is 0. The van der Waals surface area contributed by atoms with E-state index < -0.39 is 0 Å². The van der Waals surface area contributed by atoms with Crippen molar-refractivity contribution >= 4 is 5.69 Å². The maximum atomic E-state index is 5.60. The second kappa shape index (κ2) is 6.38. The molecule has 0 aliphatic heterocycles. The zero-order valence-corrected chi connectivity index (χ0v) is 10.4. The van der Waals surface area contributed by atoms with Gasteiger partial charge in [-0.15, -0.1) is 0 Å². The summed E-state index contributed by atoms with van der Waals surface area (Å²) in [6.07, 6.45) is 1.12. The van der Waals surface area contributed by atoms with Crippen molar-refractivity contribution in [3.63, 3.8) is 0 Å². The fourth-order valence-electron chi connectivity index (χ4n) is 1.51. The number of methoxy groups -OCH3 is 1. The second-order valence-corrected chi connectivity index (χ2v) is 4.25. The first-order valence-corrected chi connectivity index (χ1v) is 5.72. The van der Waals surface area contributed by atoms with Crippen molar-refractivity contribution in [2.24, 2.45) is 11.7 Å². The van der Waals surface area contributed by atoms with Crippen LogP contribution in [-0.2, 0) is 0 Å². The fraction of sp³-hybridized carbons (Fsp3) is 0.538. The van der Waals surface area contributed by atoms with E-state index in [1.54, 1.807) is 7.11 Å². The molecule has 0 saturated heterocycles. The molecule has 1 aromatic rings. The normalized spacial score (nSPS) is 12.2. The third-order valence-corrected chi connectivity index (χ3v) is 2.85. The Bertz CT molecular complexity index is 315. The van der Waals surface area contributed by atoms with Gasteiger partial charge in [-0.2, -0.15) is 0 Å². The van der Waals surface area contributed by atoms with E-state index >= 15 is 0 Å². The Morgan fingerprint density at radius 3 is 2.81 bits per heavy atom. The van der Waals surface area contributed by atoms with Crippen LogP contribution in [0.25, 0.3) is 0 Å². The van der Waals surface area contributed by atoms with Crippen LogP contribution < -0.4 is 15.4 Å². The number of nitrogens with zero attached hydrogens (tertiary/aromatic N) is 1. The highest BCUT2D eigenvalue weighted by molar-refractivity contribution is 5.49. The molecule has 0 saturated carbocycles. The van der Waals surface area contributed by atoms with Crippen molar-refractivity contribution in [1.29, 1.82) is 0 Å². The largest absolute Gasteiger partial charge is 0.497 e. The summed E-state index contributed by atoms with van der Waals surface area (Å²) in [5, 5.41) is 0. The highest BCUT2D eigenvalue weighted by atomic mass is 16.5. The van der Waals surface area contributed by atoms with E-state index in [0.717, 1.165) is 25.3 Å². The Hall–Kier alpha value is -1.22. The molecule has 0 aromatic heterocycles. The van der Waals surface area contributed by atoms with Crippen LogP contribution in [0.15, 0.2) is 24.3 Å². The molecule has 0 radical (unpaired) electrons. The SMILES string of the molecule is COc1cccc(N(C)CCC(C)CN)c1. The molecule has 16 heavy (non-hydrogen) atoms. The monoisotopic (exact) mass is 222 g/mol. The number of nitrogens with two attached hydrogens (primary N) is 1. The summed E-state index contributed by atoms with van der Waals surface area (Å²) in [5.74, 6) is 1.48. The summed E-state index contributed by atoms with van der Waals surface area (Å²) < 4.78 is 5.21. The molecule has 3 nitrogen and oxygen atoms in total. The van der Waals surface area contributed by atoms with Crippen LogP contribution in [-0.4, -0.2) is 27.2 Å². The van der Waals surface area contributed by atoms with Crippen LogP contribution in [0.2, 0.25) is 0 Å². The molecule has 0 bridgehead atoms. The molecule has 0 amide bonds. The molecule has 0 fully saturated rings. The van der Waals surface area contributed by atoms with E-state index in [0.29, 0.717) is 5.92 Å². The Morgan fingerprint density at radius 2 is 2.19 bits per heavy atom. The lowest BCUT2D eigenvalue weighted by atomic mass is 10.1. The van der Waals surface area contributed by atoms with Gasteiger partial charge in [-0.25, -0.2) is 0 Å². The summed E-state index contributed by atoms with van der Waals surface area (Å²) in [6.45, 7) is 3.96. The lowest BCUT2D eigenvalue weighted by Gasteiger charge is -2.21. The minimum Gasteiger partial charge on any atom is -0.497 e. The van der Waals surface area contributed by atoms with Crippen LogP contribution in [0.3, 0.4) is 0 Å². The molecule has 0 heterocycles. The summed E-state index contributed by atoms with van der Waals surface area (Å²) in [6, 6.07) is 8.11. The quantitative estimate of drug-likeness (QED) is 0.801. The van der Waals surface area contributed by atoms with Crippen LogP contribution in [0.4, 0.5) is 5.69 Å². The molecule has 1 rings (SSSR count). The maximum absolute atomic E-state index is 5.60. The van der Waals surface area contributed by atoms with E-state index in [9.17, 15) is 0 Å². The van der Waals surface area contributed by atoms with Crippen molar-refractivity contribution in [1.82, 2.24) is 0 Å². The van der Waals surface area contributed by atoms with Crippen LogP contribution in [0.5, 0.6) is 5.75 Å². The molecular formula is C13H22N2O. The van der Waals surface area contributed by atoms with Gasteiger partial charge in [0.15, 0.2) is 0 Å². The third kappa shape index (κ3) is 3.74. The van der Waals surface area contributed by atoms with Gasteiger partial charge >= 0.3 is 0 Å². The van der Waals surface area contributed by atoms with Crippen LogP contribution in [0.1, 0.15) is 13.3 Å². The summed E-state index contributed by atoms with van der Waals surface area (Å²) in [4.78, 5) is 2.23. The third-order valence-electron chi connectivity index (χ3n) is 2.85. The minimum absolute atomic E-state index is 0.577. The molecule has 0 spiro atoms. The van der Waals surface area contributed by atoms with E-state index in [-0.39, 0.29) is 0 Å². The average Bonchev–Trinajstić information content (AvgIpc) is 2.35. The van der Waals surface area contributed by atoms with E-state index in [4.69, 9.17) is 10.5 Å². The molecule has 90 valence electrons. The number of rotatable bonds is 6. The zero-order chi connectivity index (χ0) is 12.0. The van der Waals surface area contributed by atoms with Crippen molar-refractivity contribution in [3.05, 3.63) is 24.3 Å². The molecular weight excluding hydrogens is 200 g/mol. The van der Waals surface area contributed by atoms with Gasteiger partial charge in [0.1, 0.15) is 5.75 Å². The van der Waals surface area contributed by atoms with Gasteiger partial charge in [0, 0.05) is 25.3 Å². The van der Waals surface area contributed by atoms with Gasteiger partial charge in [0.2, 0.25) is 0 Å². The smallest absolute Gasteiger partial charge is 0.120 e. The van der Waals surface area contributed by atoms with Gasteiger partial charge < -0.3 is 15.4 Å². The first kappa shape index (κ1) is 12.8. The molecule has 1 aromatic carbocycles. The summed E-state index contributed by atoms with van der Waals surface area (Å²) in [5.41, 5.74) is 6.79. The lowest BCUT2D eigenvalue weighted by molar-refractivity contribution is 0.415. The Morgan fingerprint density at radius 1 is 1.44 bits per heavy atom. The minimum atomic E-state index is 0.577. The van der Waals surface area contributed by atoms with Gasteiger partial charge in [0.05, 0.1) is 7.11 Å². The Kier molecular flexibility index (Phi) is 5.12. The molecule has 1 unspecified atom stereocenters. The van der Waals surface area contributed by atoms with Crippen molar-refractivity contribution in [2.45, 2.75) is 13.3 Å².